The maximum absolute atomic E-state index is 11.9. The highest BCUT2D eigenvalue weighted by molar-refractivity contribution is 7.89. The maximum atomic E-state index is 11.9. The molecule has 4 rings (SSSR count). The number of rotatable bonds is 6. The summed E-state index contributed by atoms with van der Waals surface area (Å²) < 4.78 is 31.8. The van der Waals surface area contributed by atoms with Crippen LogP contribution in [0.2, 0.25) is 0 Å². The van der Waals surface area contributed by atoms with E-state index < -0.39 is 17.1 Å². The van der Waals surface area contributed by atoms with Crippen molar-refractivity contribution >= 4 is 39.3 Å². The van der Waals surface area contributed by atoms with Gasteiger partial charge in [0, 0.05) is 40.8 Å². The van der Waals surface area contributed by atoms with Crippen LogP contribution in [0.3, 0.4) is 0 Å². The highest BCUT2D eigenvalue weighted by Gasteiger charge is 2.42. The predicted molar refractivity (Wildman–Crippen MR) is 98.6 cm³/mol. The predicted octanol–water partition coefficient (Wildman–Crippen LogP) is 0.867. The lowest BCUT2D eigenvalue weighted by atomic mass is 9.67. The Bertz CT molecular complexity index is 983. The van der Waals surface area contributed by atoms with Crippen molar-refractivity contribution in [3.63, 3.8) is 0 Å². The van der Waals surface area contributed by atoms with Gasteiger partial charge in [0.25, 0.3) is 0 Å². The second-order valence-corrected chi connectivity index (χ2v) is 8.54. The molecule has 136 valence electrons. The molecule has 11 heteroatoms. The van der Waals surface area contributed by atoms with Crippen molar-refractivity contribution in [1.29, 1.82) is 0 Å². The average Bonchev–Trinajstić information content (AvgIpc) is 3.05. The fourth-order valence-electron chi connectivity index (χ4n) is 3.58. The first-order chi connectivity index (χ1) is 12.5. The molecule has 26 heavy (non-hydrogen) atoms. The number of aromatic nitrogens is 2. The smallest absolute Gasteiger partial charge is 0.429 e. The van der Waals surface area contributed by atoms with Crippen LogP contribution >= 0.6 is 0 Å². The van der Waals surface area contributed by atoms with E-state index in [1.54, 1.807) is 12.4 Å². The molecule has 0 spiro atoms. The van der Waals surface area contributed by atoms with Crippen LogP contribution in [0.5, 0.6) is 0 Å². The number of nitroso groups, excluding NO2 is 1. The average molecular weight is 375 g/mol. The molecule has 0 amide bonds. The molecule has 2 aliphatic rings. The van der Waals surface area contributed by atoms with E-state index in [0.717, 1.165) is 16.7 Å². The molecule has 2 aromatic heterocycles. The molecule has 9 nitrogen and oxygen atoms in total. The van der Waals surface area contributed by atoms with Gasteiger partial charge in [-0.25, -0.2) is 18.1 Å². The van der Waals surface area contributed by atoms with Crippen LogP contribution in [0.1, 0.15) is 31.7 Å². The number of pyridine rings is 1. The minimum atomic E-state index is -3.24. The standard InChI is InChI=1S/C15H18BN5O4S/c1-2-5-26(23,24)20-10-6-9(7-10)14-13-11-3-4-17-15(11)18-8-12(13)16(21-22)25-19-14/h3-4,8-10,20H,2,5-7H2,1H3,(H,17,18). The van der Waals surface area contributed by atoms with E-state index in [1.807, 2.05) is 13.0 Å². The highest BCUT2D eigenvalue weighted by atomic mass is 32.2. The van der Waals surface area contributed by atoms with Gasteiger partial charge in [-0.1, -0.05) is 12.0 Å². The number of nitrogens with one attached hydrogen (secondary N) is 2. The van der Waals surface area contributed by atoms with Crippen LogP contribution in [-0.2, 0) is 14.8 Å². The van der Waals surface area contributed by atoms with Crippen molar-refractivity contribution in [3.05, 3.63) is 28.9 Å². The molecule has 3 heterocycles. The first-order valence-corrected chi connectivity index (χ1v) is 10.2. The quantitative estimate of drug-likeness (QED) is 0.572. The number of fused-ring (bicyclic) bond motifs is 3. The monoisotopic (exact) mass is 375 g/mol. The molecular formula is C15H18BN5O4S. The third-order valence-corrected chi connectivity index (χ3v) is 6.47. The minimum Gasteiger partial charge on any atom is -0.429 e. The lowest BCUT2D eigenvalue weighted by molar-refractivity contribution is 0.298. The summed E-state index contributed by atoms with van der Waals surface area (Å²) in [5, 5.41) is 7.98. The van der Waals surface area contributed by atoms with E-state index >= 15 is 0 Å². The Morgan fingerprint density at radius 1 is 1.46 bits per heavy atom. The Morgan fingerprint density at radius 2 is 2.27 bits per heavy atom. The Labute approximate surface area is 150 Å². The lowest BCUT2D eigenvalue weighted by Crippen LogP contribution is -2.50. The van der Waals surface area contributed by atoms with Crippen LogP contribution in [0.4, 0.5) is 0 Å². The molecule has 1 aliphatic carbocycles. The first kappa shape index (κ1) is 17.2. The highest BCUT2D eigenvalue weighted by Crippen LogP contribution is 2.34. The van der Waals surface area contributed by atoms with Crippen LogP contribution in [0, 0.1) is 10.8 Å². The molecular weight excluding hydrogens is 357 g/mol. The van der Waals surface area contributed by atoms with Crippen LogP contribution in [-0.4, -0.2) is 42.9 Å². The third kappa shape index (κ3) is 2.90. The Balaban J connectivity index is 1.59. The molecule has 0 bridgehead atoms. The molecule has 0 saturated heterocycles. The second kappa shape index (κ2) is 6.47. The van der Waals surface area contributed by atoms with Gasteiger partial charge in [0.05, 0.1) is 11.5 Å². The van der Waals surface area contributed by atoms with E-state index in [-0.39, 0.29) is 17.7 Å². The summed E-state index contributed by atoms with van der Waals surface area (Å²) in [6.45, 7) is 1.83. The number of nitrogens with zero attached hydrogens (tertiary/aromatic N) is 3. The molecule has 1 saturated carbocycles. The van der Waals surface area contributed by atoms with E-state index in [2.05, 4.69) is 24.9 Å². The summed E-state index contributed by atoms with van der Waals surface area (Å²) in [5.74, 6) is 0.180. The number of hydrogen-bond donors (Lipinski definition) is 2. The van der Waals surface area contributed by atoms with Crippen molar-refractivity contribution in [2.45, 2.75) is 32.2 Å². The van der Waals surface area contributed by atoms with E-state index in [4.69, 9.17) is 4.76 Å². The Morgan fingerprint density at radius 3 is 3.00 bits per heavy atom. The molecule has 2 N–H and O–H groups in total. The fraction of sp³-hybridized carbons (Fsp3) is 0.467. The van der Waals surface area contributed by atoms with Gasteiger partial charge in [0.2, 0.25) is 10.0 Å². The van der Waals surface area contributed by atoms with Crippen LogP contribution in [0.25, 0.3) is 11.0 Å². The van der Waals surface area contributed by atoms with Crippen LogP contribution in [0.15, 0.2) is 28.7 Å². The number of hydrogen-bond acceptors (Lipinski definition) is 7. The summed E-state index contributed by atoms with van der Waals surface area (Å²) in [4.78, 5) is 18.4. The summed E-state index contributed by atoms with van der Waals surface area (Å²) in [7, 11) is -4.25. The van der Waals surface area contributed by atoms with E-state index in [9.17, 15) is 13.3 Å². The molecule has 0 unspecified atom stereocenters. The van der Waals surface area contributed by atoms with E-state index in [0.29, 0.717) is 30.4 Å². The van der Waals surface area contributed by atoms with Gasteiger partial charge in [-0.15, -0.1) is 5.16 Å². The topological polar surface area (TPSA) is 126 Å². The zero-order chi connectivity index (χ0) is 18.3. The Hall–Kier alpha value is -2.27. The number of aromatic amines is 1. The SMILES string of the molecule is CCCS(=O)(=O)NC1CC(C2=NOB(N=O)c3cnc4[nH]ccc4c32)C1. The fourth-order valence-corrected chi connectivity index (χ4v) is 4.93. The zero-order valence-electron chi connectivity index (χ0n) is 14.2. The molecule has 0 radical (unpaired) electrons. The van der Waals surface area contributed by atoms with Gasteiger partial charge < -0.3 is 9.74 Å². The molecule has 0 aromatic carbocycles. The van der Waals surface area contributed by atoms with Crippen molar-refractivity contribution in [1.82, 2.24) is 14.7 Å². The number of oxime groups is 1. The van der Waals surface area contributed by atoms with E-state index in [1.165, 1.54) is 0 Å². The molecule has 1 fully saturated rings. The molecule has 1 aliphatic heterocycles. The number of sulfonamides is 1. The normalized spacial score (nSPS) is 22.3. The van der Waals surface area contributed by atoms with Crippen molar-refractivity contribution in [2.75, 3.05) is 5.75 Å². The molecule has 2 aromatic rings. The first-order valence-electron chi connectivity index (χ1n) is 8.55. The van der Waals surface area contributed by atoms with Gasteiger partial charge in [-0.05, 0) is 25.3 Å². The van der Waals surface area contributed by atoms with Gasteiger partial charge in [-0.2, -0.15) is 4.91 Å². The summed E-state index contributed by atoms with van der Waals surface area (Å²) in [6.07, 6.45) is 5.21. The van der Waals surface area contributed by atoms with Crippen molar-refractivity contribution in [2.24, 2.45) is 16.2 Å². The molecule has 0 atom stereocenters. The maximum Gasteiger partial charge on any atom is 0.605 e. The van der Waals surface area contributed by atoms with Gasteiger partial charge in [0.1, 0.15) is 5.65 Å². The summed E-state index contributed by atoms with van der Waals surface area (Å²) >= 11 is 0. The van der Waals surface area contributed by atoms with Gasteiger partial charge in [0.15, 0.2) is 0 Å². The lowest BCUT2D eigenvalue weighted by Gasteiger charge is -2.37. The third-order valence-electron chi connectivity index (χ3n) is 4.83. The summed E-state index contributed by atoms with van der Waals surface area (Å²) in [6, 6.07) is 1.78. The van der Waals surface area contributed by atoms with Crippen molar-refractivity contribution in [3.8, 4) is 0 Å². The largest absolute Gasteiger partial charge is 0.605 e. The van der Waals surface area contributed by atoms with Gasteiger partial charge >= 0.3 is 7.05 Å². The van der Waals surface area contributed by atoms with Gasteiger partial charge in [-0.3, -0.25) is 0 Å². The second-order valence-electron chi connectivity index (χ2n) is 6.67. The zero-order valence-corrected chi connectivity index (χ0v) is 15.0. The minimum absolute atomic E-state index is 0.0520. The van der Waals surface area contributed by atoms with Crippen molar-refractivity contribution < 1.29 is 13.2 Å². The summed E-state index contributed by atoms with van der Waals surface area (Å²) in [5.41, 5.74) is 2.82. The number of H-pyrrole nitrogens is 1. The van der Waals surface area contributed by atoms with Crippen LogP contribution < -0.4 is 10.2 Å². The Kier molecular flexibility index (Phi) is 4.27.